The smallest absolute Gasteiger partial charge is 0.180 e. The van der Waals surface area contributed by atoms with E-state index in [1.807, 2.05) is 24.3 Å². The van der Waals surface area contributed by atoms with E-state index in [1.165, 1.54) is 0 Å². The van der Waals surface area contributed by atoms with Crippen molar-refractivity contribution in [2.24, 2.45) is 0 Å². The maximum Gasteiger partial charge on any atom is 0.180 e. The SMILES string of the molecule is c1ccc(N2c3cccc(c3)-c3nc(nc4c3oc3ccccc34)-c3cccc4c3[nH]c3c(cccc34)-c3cccc2n3)cc1. The van der Waals surface area contributed by atoms with Crippen molar-refractivity contribution in [1.29, 1.82) is 0 Å². The monoisotopic (exact) mass is 577 g/mol. The molecular weight excluding hydrogens is 554 g/mol. The Morgan fingerprint density at radius 1 is 0.556 bits per heavy atom. The molecule has 0 aliphatic carbocycles. The Morgan fingerprint density at radius 3 is 2.16 bits per heavy atom. The van der Waals surface area contributed by atoms with E-state index in [9.17, 15) is 0 Å². The first-order valence-electron chi connectivity index (χ1n) is 15.0. The van der Waals surface area contributed by atoms with E-state index in [1.54, 1.807) is 0 Å². The summed E-state index contributed by atoms with van der Waals surface area (Å²) in [6.07, 6.45) is 0. The Morgan fingerprint density at radius 2 is 1.27 bits per heavy atom. The molecule has 6 nitrogen and oxygen atoms in total. The van der Waals surface area contributed by atoms with E-state index < -0.39 is 0 Å². The minimum Gasteiger partial charge on any atom is -0.452 e. The van der Waals surface area contributed by atoms with Crippen LogP contribution < -0.4 is 4.90 Å². The fourth-order valence-corrected chi connectivity index (χ4v) is 6.74. The van der Waals surface area contributed by atoms with Crippen molar-refractivity contribution in [3.63, 3.8) is 0 Å². The Kier molecular flexibility index (Phi) is 4.90. The third kappa shape index (κ3) is 3.53. The van der Waals surface area contributed by atoms with E-state index in [4.69, 9.17) is 19.4 Å². The van der Waals surface area contributed by atoms with Gasteiger partial charge < -0.3 is 9.40 Å². The minimum atomic E-state index is 0.640. The van der Waals surface area contributed by atoms with Gasteiger partial charge >= 0.3 is 0 Å². The zero-order chi connectivity index (χ0) is 29.5. The van der Waals surface area contributed by atoms with Gasteiger partial charge in [0.25, 0.3) is 0 Å². The van der Waals surface area contributed by atoms with Gasteiger partial charge in [-0.15, -0.1) is 0 Å². The third-order valence-corrected chi connectivity index (χ3v) is 8.76. The maximum atomic E-state index is 6.48. The lowest BCUT2D eigenvalue weighted by molar-refractivity contribution is 0.667. The first-order valence-corrected chi connectivity index (χ1v) is 15.0. The summed E-state index contributed by atoms with van der Waals surface area (Å²) < 4.78 is 6.48. The van der Waals surface area contributed by atoms with Gasteiger partial charge in [0.1, 0.15) is 22.6 Å². The molecule has 8 bridgehead atoms. The zero-order valence-corrected chi connectivity index (χ0v) is 23.9. The minimum absolute atomic E-state index is 0.640. The number of benzene rings is 5. The van der Waals surface area contributed by atoms with Crippen LogP contribution in [0.15, 0.2) is 138 Å². The standard InChI is InChI=1S/C39H23N5O/c1-2-11-24(12-3-1)44-25-13-6-10-23(22-25)34-38-37(29-14-4-5-20-32(29)45-38)43-39(42-34)30-18-8-16-27-26-15-7-17-28(35(26)41-36(27)30)31-19-9-21-33(44)40-31/h1-22,41H. The van der Waals surface area contributed by atoms with Crippen molar-refractivity contribution in [1.82, 2.24) is 19.9 Å². The predicted octanol–water partition coefficient (Wildman–Crippen LogP) is 10.2. The normalized spacial score (nSPS) is 12.4. The molecule has 9 aromatic rings. The van der Waals surface area contributed by atoms with E-state index in [-0.39, 0.29) is 0 Å². The zero-order valence-electron chi connectivity index (χ0n) is 23.9. The van der Waals surface area contributed by atoms with Crippen LogP contribution >= 0.6 is 0 Å². The molecule has 10 rings (SSSR count). The number of furan rings is 1. The van der Waals surface area contributed by atoms with E-state index in [0.717, 1.165) is 83.6 Å². The van der Waals surface area contributed by atoms with E-state index in [2.05, 4.69) is 119 Å². The number of rotatable bonds is 1. The van der Waals surface area contributed by atoms with Gasteiger partial charge in [0.05, 0.1) is 16.7 Å². The summed E-state index contributed by atoms with van der Waals surface area (Å²) in [5.74, 6) is 1.46. The molecule has 0 spiro atoms. The van der Waals surface area contributed by atoms with Gasteiger partial charge in [-0.05, 0) is 54.6 Å². The molecular formula is C39H23N5O. The van der Waals surface area contributed by atoms with Crippen molar-refractivity contribution in [3.05, 3.63) is 133 Å². The van der Waals surface area contributed by atoms with Gasteiger partial charge in [0.2, 0.25) is 0 Å². The molecule has 5 aromatic carbocycles. The molecule has 45 heavy (non-hydrogen) atoms. The van der Waals surface area contributed by atoms with E-state index in [0.29, 0.717) is 11.4 Å². The van der Waals surface area contributed by atoms with Gasteiger partial charge in [-0.1, -0.05) is 78.9 Å². The van der Waals surface area contributed by atoms with Crippen LogP contribution in [-0.2, 0) is 0 Å². The fraction of sp³-hybridized carbons (Fsp3) is 0. The van der Waals surface area contributed by atoms with Crippen LogP contribution in [0.1, 0.15) is 0 Å². The highest BCUT2D eigenvalue weighted by atomic mass is 16.3. The summed E-state index contributed by atoms with van der Waals surface area (Å²) in [7, 11) is 0. The average molecular weight is 578 g/mol. The summed E-state index contributed by atoms with van der Waals surface area (Å²) in [6, 6.07) is 45.8. The second-order valence-corrected chi connectivity index (χ2v) is 11.4. The number of H-pyrrole nitrogens is 1. The molecule has 0 radical (unpaired) electrons. The number of aromatic amines is 1. The third-order valence-electron chi connectivity index (χ3n) is 8.76. The quantitative estimate of drug-likeness (QED) is 0.210. The number of hydrogen-bond donors (Lipinski definition) is 1. The largest absolute Gasteiger partial charge is 0.452 e. The van der Waals surface area contributed by atoms with Crippen LogP contribution in [0.5, 0.6) is 0 Å². The number of hydrogen-bond acceptors (Lipinski definition) is 5. The predicted molar refractivity (Wildman–Crippen MR) is 181 cm³/mol. The molecule has 0 saturated heterocycles. The molecule has 0 amide bonds. The Labute approximate surface area is 257 Å². The number of para-hydroxylation sites is 4. The Balaban J connectivity index is 1.39. The summed E-state index contributed by atoms with van der Waals surface area (Å²) in [6.45, 7) is 0. The van der Waals surface area contributed by atoms with Gasteiger partial charge in [-0.3, -0.25) is 4.90 Å². The maximum absolute atomic E-state index is 6.48. The van der Waals surface area contributed by atoms with Crippen molar-refractivity contribution >= 4 is 61.1 Å². The van der Waals surface area contributed by atoms with Crippen LogP contribution in [-0.4, -0.2) is 19.9 Å². The van der Waals surface area contributed by atoms with Crippen LogP contribution in [0.25, 0.3) is 77.8 Å². The highest BCUT2D eigenvalue weighted by Crippen LogP contribution is 2.42. The van der Waals surface area contributed by atoms with Crippen LogP contribution in [0, 0.1) is 0 Å². The lowest BCUT2D eigenvalue weighted by Crippen LogP contribution is -2.12. The molecule has 6 heteroatoms. The molecule has 1 N–H and O–H groups in total. The van der Waals surface area contributed by atoms with E-state index >= 15 is 0 Å². The topological polar surface area (TPSA) is 70.8 Å². The second-order valence-electron chi connectivity index (χ2n) is 11.4. The van der Waals surface area contributed by atoms with Crippen molar-refractivity contribution in [2.45, 2.75) is 0 Å². The number of anilines is 3. The highest BCUT2D eigenvalue weighted by Gasteiger charge is 2.23. The molecule has 1 aliphatic rings. The Hall–Kier alpha value is -6.27. The molecule has 5 heterocycles. The number of nitrogens with one attached hydrogen (secondary N) is 1. The molecule has 0 atom stereocenters. The molecule has 1 aliphatic heterocycles. The summed E-state index contributed by atoms with van der Waals surface area (Å²) in [5, 5.41) is 3.20. The molecule has 0 fully saturated rings. The van der Waals surface area contributed by atoms with Gasteiger partial charge in [-0.25, -0.2) is 15.0 Å². The number of pyridine rings is 1. The summed E-state index contributed by atoms with van der Waals surface area (Å²) in [4.78, 5) is 21.7. The first-order chi connectivity index (χ1) is 22.3. The van der Waals surface area contributed by atoms with Crippen LogP contribution in [0.2, 0.25) is 0 Å². The molecule has 0 unspecified atom stereocenters. The number of fused-ring (bicyclic) bond motifs is 14. The highest BCUT2D eigenvalue weighted by molar-refractivity contribution is 6.15. The van der Waals surface area contributed by atoms with Crippen molar-refractivity contribution in [2.75, 3.05) is 4.90 Å². The molecule has 0 saturated carbocycles. The van der Waals surface area contributed by atoms with Gasteiger partial charge in [0.15, 0.2) is 11.4 Å². The van der Waals surface area contributed by atoms with Crippen molar-refractivity contribution in [3.8, 4) is 33.9 Å². The van der Waals surface area contributed by atoms with Gasteiger partial charge in [0, 0.05) is 44.2 Å². The van der Waals surface area contributed by atoms with Crippen molar-refractivity contribution < 1.29 is 4.42 Å². The summed E-state index contributed by atoms with van der Waals surface area (Å²) >= 11 is 0. The molecule has 210 valence electrons. The lowest BCUT2D eigenvalue weighted by atomic mass is 10.0. The summed E-state index contributed by atoms with van der Waals surface area (Å²) in [5.41, 5.74) is 10.8. The second kappa shape index (κ2) is 9.11. The average Bonchev–Trinajstić information content (AvgIpc) is 3.67. The lowest BCUT2D eigenvalue weighted by Gasteiger charge is -2.25. The number of nitrogens with zero attached hydrogens (tertiary/aromatic N) is 4. The van der Waals surface area contributed by atoms with Gasteiger partial charge in [-0.2, -0.15) is 0 Å². The molecule has 4 aromatic heterocycles. The first kappa shape index (κ1) is 24.2. The Bertz CT molecular complexity index is 2620. The number of aromatic nitrogens is 4. The van der Waals surface area contributed by atoms with Crippen LogP contribution in [0.3, 0.4) is 0 Å². The fourth-order valence-electron chi connectivity index (χ4n) is 6.74. The van der Waals surface area contributed by atoms with Crippen LogP contribution in [0.4, 0.5) is 17.2 Å².